The highest BCUT2D eigenvalue weighted by Gasteiger charge is 2.28. The van der Waals surface area contributed by atoms with Gasteiger partial charge in [-0.3, -0.25) is 9.67 Å². The molecular formula is C23H23ClN4. The number of fused-ring (bicyclic) bond motifs is 1. The lowest BCUT2D eigenvalue weighted by atomic mass is 9.82. The number of halogens is 1. The van der Waals surface area contributed by atoms with Crippen LogP contribution in [0.25, 0.3) is 28.0 Å². The van der Waals surface area contributed by atoms with Gasteiger partial charge in [-0.15, -0.1) is 0 Å². The molecule has 0 N–H and O–H groups in total. The van der Waals surface area contributed by atoms with Crippen LogP contribution in [0.15, 0.2) is 55.0 Å². The fraction of sp³-hybridized carbons (Fsp3) is 0.304. The Kier molecular flexibility index (Phi) is 4.44. The summed E-state index contributed by atoms with van der Waals surface area (Å²) in [4.78, 5) is 4.45. The second-order valence-electron chi connectivity index (χ2n) is 7.64. The normalized spacial score (nSPS) is 15.4. The summed E-state index contributed by atoms with van der Waals surface area (Å²) < 4.78 is 4.31. The van der Waals surface area contributed by atoms with Crippen LogP contribution in [0.3, 0.4) is 0 Å². The predicted octanol–water partition coefficient (Wildman–Crippen LogP) is 6.13. The van der Waals surface area contributed by atoms with E-state index < -0.39 is 0 Å². The molecule has 0 aliphatic heterocycles. The van der Waals surface area contributed by atoms with Gasteiger partial charge in [-0.2, -0.15) is 5.10 Å². The predicted molar refractivity (Wildman–Crippen MR) is 114 cm³/mol. The van der Waals surface area contributed by atoms with E-state index in [4.69, 9.17) is 11.6 Å². The van der Waals surface area contributed by atoms with Crippen molar-refractivity contribution in [3.8, 4) is 17.1 Å². The van der Waals surface area contributed by atoms with Crippen LogP contribution >= 0.6 is 11.6 Å². The molecule has 3 aromatic heterocycles. The van der Waals surface area contributed by atoms with Crippen LogP contribution in [0.4, 0.5) is 0 Å². The van der Waals surface area contributed by atoms with Crippen molar-refractivity contribution in [1.82, 2.24) is 19.3 Å². The third-order valence-electron chi connectivity index (χ3n) is 5.97. The second kappa shape index (κ2) is 7.10. The van der Waals surface area contributed by atoms with E-state index in [2.05, 4.69) is 38.9 Å². The van der Waals surface area contributed by atoms with Gasteiger partial charge in [0, 0.05) is 35.5 Å². The van der Waals surface area contributed by atoms with Crippen molar-refractivity contribution in [1.29, 1.82) is 0 Å². The molecule has 1 aliphatic carbocycles. The number of pyridine rings is 1. The summed E-state index contributed by atoms with van der Waals surface area (Å²) in [6, 6.07) is 12.4. The first kappa shape index (κ1) is 17.5. The number of benzene rings is 1. The first-order valence-corrected chi connectivity index (χ1v) is 10.3. The summed E-state index contributed by atoms with van der Waals surface area (Å²) in [5.74, 6) is 0.567. The van der Waals surface area contributed by atoms with Crippen molar-refractivity contribution in [2.75, 3.05) is 0 Å². The van der Waals surface area contributed by atoms with E-state index in [0.29, 0.717) is 5.92 Å². The topological polar surface area (TPSA) is 35.6 Å². The van der Waals surface area contributed by atoms with Gasteiger partial charge in [-0.25, -0.2) is 0 Å². The van der Waals surface area contributed by atoms with E-state index in [-0.39, 0.29) is 0 Å². The van der Waals surface area contributed by atoms with Gasteiger partial charge in [-0.1, -0.05) is 30.9 Å². The molecule has 4 nitrogen and oxygen atoms in total. The molecule has 142 valence electrons. The fourth-order valence-electron chi connectivity index (χ4n) is 4.68. The van der Waals surface area contributed by atoms with Crippen LogP contribution < -0.4 is 0 Å². The summed E-state index contributed by atoms with van der Waals surface area (Å²) in [7, 11) is 2.02. The average Bonchev–Trinajstić information content (AvgIpc) is 3.30. The van der Waals surface area contributed by atoms with Gasteiger partial charge in [0.15, 0.2) is 0 Å². The van der Waals surface area contributed by atoms with Crippen LogP contribution in [0.2, 0.25) is 5.02 Å². The largest absolute Gasteiger partial charge is 0.306 e. The van der Waals surface area contributed by atoms with Crippen molar-refractivity contribution in [2.24, 2.45) is 7.05 Å². The minimum Gasteiger partial charge on any atom is -0.306 e. The molecule has 0 spiro atoms. The lowest BCUT2D eigenvalue weighted by Crippen LogP contribution is -2.08. The molecule has 28 heavy (non-hydrogen) atoms. The lowest BCUT2D eigenvalue weighted by Gasteiger charge is -2.23. The van der Waals surface area contributed by atoms with Crippen LogP contribution in [0, 0.1) is 0 Å². The molecule has 1 saturated carbocycles. The number of aromatic nitrogens is 4. The Hall–Kier alpha value is -2.59. The monoisotopic (exact) mass is 390 g/mol. The van der Waals surface area contributed by atoms with E-state index in [1.54, 1.807) is 0 Å². The van der Waals surface area contributed by atoms with Crippen molar-refractivity contribution < 1.29 is 0 Å². The molecule has 0 unspecified atom stereocenters. The number of rotatable bonds is 3. The molecule has 5 heteroatoms. The highest BCUT2D eigenvalue weighted by Crippen LogP contribution is 2.44. The molecule has 0 atom stereocenters. The van der Waals surface area contributed by atoms with Gasteiger partial charge in [0.2, 0.25) is 0 Å². The van der Waals surface area contributed by atoms with Gasteiger partial charge in [0.25, 0.3) is 0 Å². The minimum absolute atomic E-state index is 0.567. The van der Waals surface area contributed by atoms with Gasteiger partial charge >= 0.3 is 0 Å². The molecule has 0 bridgehead atoms. The maximum Gasteiger partial charge on any atom is 0.0850 e. The first-order chi connectivity index (χ1) is 13.7. The van der Waals surface area contributed by atoms with E-state index >= 15 is 0 Å². The van der Waals surface area contributed by atoms with Gasteiger partial charge < -0.3 is 4.57 Å². The van der Waals surface area contributed by atoms with E-state index in [1.807, 2.05) is 42.5 Å². The van der Waals surface area contributed by atoms with Crippen molar-refractivity contribution >= 4 is 22.5 Å². The molecule has 5 rings (SSSR count). The van der Waals surface area contributed by atoms with Crippen molar-refractivity contribution in [3.05, 3.63) is 65.6 Å². The Balaban J connectivity index is 1.87. The smallest absolute Gasteiger partial charge is 0.0850 e. The standard InChI is InChI=1S/C23H23ClN4/c1-27-20(12-14-26-27)23-22(16-5-3-2-4-6-16)19-11-13-25-15-21(19)28(23)18-9-7-17(24)8-10-18/h7-16H,2-6H2,1H3. The van der Waals surface area contributed by atoms with E-state index in [9.17, 15) is 0 Å². The number of nitrogens with zero attached hydrogens (tertiary/aromatic N) is 4. The lowest BCUT2D eigenvalue weighted by molar-refractivity contribution is 0.446. The Morgan fingerprint density at radius 3 is 2.46 bits per heavy atom. The summed E-state index contributed by atoms with van der Waals surface area (Å²) in [6.07, 6.45) is 12.2. The quantitative estimate of drug-likeness (QED) is 0.422. The fourth-order valence-corrected chi connectivity index (χ4v) is 4.81. The van der Waals surface area contributed by atoms with Crippen LogP contribution in [0.5, 0.6) is 0 Å². The summed E-state index contributed by atoms with van der Waals surface area (Å²) >= 11 is 6.17. The van der Waals surface area contributed by atoms with Crippen molar-refractivity contribution in [2.45, 2.75) is 38.0 Å². The highest BCUT2D eigenvalue weighted by molar-refractivity contribution is 6.30. The Labute approximate surface area is 169 Å². The summed E-state index contributed by atoms with van der Waals surface area (Å²) in [6.45, 7) is 0. The Morgan fingerprint density at radius 1 is 0.964 bits per heavy atom. The Morgan fingerprint density at radius 2 is 1.75 bits per heavy atom. The third kappa shape index (κ3) is 2.83. The number of hydrogen-bond donors (Lipinski definition) is 0. The molecular weight excluding hydrogens is 368 g/mol. The molecule has 0 radical (unpaired) electrons. The van der Waals surface area contributed by atoms with Gasteiger partial charge in [0.05, 0.1) is 23.1 Å². The minimum atomic E-state index is 0.567. The molecule has 3 heterocycles. The molecule has 1 aliphatic rings. The second-order valence-corrected chi connectivity index (χ2v) is 8.08. The molecule has 1 aromatic carbocycles. The molecule has 0 saturated heterocycles. The van der Waals surface area contributed by atoms with Gasteiger partial charge in [-0.05, 0) is 60.7 Å². The zero-order valence-corrected chi connectivity index (χ0v) is 16.7. The Bertz CT molecular complexity index is 1120. The average molecular weight is 391 g/mol. The maximum absolute atomic E-state index is 6.17. The summed E-state index contributed by atoms with van der Waals surface area (Å²) in [5, 5.41) is 6.51. The highest BCUT2D eigenvalue weighted by atomic mass is 35.5. The van der Waals surface area contributed by atoms with Crippen molar-refractivity contribution in [3.63, 3.8) is 0 Å². The zero-order chi connectivity index (χ0) is 19.1. The molecule has 4 aromatic rings. The maximum atomic E-state index is 6.17. The van der Waals surface area contributed by atoms with E-state index in [0.717, 1.165) is 21.9 Å². The SMILES string of the molecule is Cn1nccc1-c1c(C2CCCCC2)c2ccncc2n1-c1ccc(Cl)cc1. The number of aryl methyl sites for hydroxylation is 1. The molecule has 1 fully saturated rings. The summed E-state index contributed by atoms with van der Waals surface area (Å²) in [5.41, 5.74) is 6.04. The van der Waals surface area contributed by atoms with Crippen LogP contribution in [-0.4, -0.2) is 19.3 Å². The van der Waals surface area contributed by atoms with E-state index in [1.165, 1.54) is 48.7 Å². The van der Waals surface area contributed by atoms with Gasteiger partial charge in [0.1, 0.15) is 0 Å². The zero-order valence-electron chi connectivity index (χ0n) is 16.0. The van der Waals surface area contributed by atoms with Crippen LogP contribution in [-0.2, 0) is 7.05 Å². The third-order valence-corrected chi connectivity index (χ3v) is 6.22. The molecule has 0 amide bonds. The first-order valence-electron chi connectivity index (χ1n) is 9.96. The van der Waals surface area contributed by atoms with Crippen LogP contribution in [0.1, 0.15) is 43.6 Å². The number of hydrogen-bond acceptors (Lipinski definition) is 2.